The van der Waals surface area contributed by atoms with E-state index in [1.807, 2.05) is 36.4 Å². The van der Waals surface area contributed by atoms with Crippen LogP contribution >= 0.6 is 22.9 Å². The van der Waals surface area contributed by atoms with Gasteiger partial charge in [0.25, 0.3) is 0 Å². The summed E-state index contributed by atoms with van der Waals surface area (Å²) in [5.74, 6) is -0.793. The predicted molar refractivity (Wildman–Crippen MR) is 82.4 cm³/mol. The van der Waals surface area contributed by atoms with Gasteiger partial charge in [-0.1, -0.05) is 23.7 Å². The molecule has 5 heteroatoms. The van der Waals surface area contributed by atoms with Crippen molar-refractivity contribution in [3.63, 3.8) is 0 Å². The molecular formula is C15H16ClNO2S. The van der Waals surface area contributed by atoms with Crippen molar-refractivity contribution in [2.24, 2.45) is 0 Å². The van der Waals surface area contributed by atoms with Crippen molar-refractivity contribution in [3.8, 4) is 0 Å². The van der Waals surface area contributed by atoms with E-state index in [1.165, 1.54) is 11.3 Å². The summed E-state index contributed by atoms with van der Waals surface area (Å²) in [6.07, 6.45) is 0.0918. The van der Waals surface area contributed by atoms with Crippen LogP contribution in [0.5, 0.6) is 0 Å². The molecule has 1 atom stereocenters. The van der Waals surface area contributed by atoms with Crippen molar-refractivity contribution in [1.82, 2.24) is 5.32 Å². The van der Waals surface area contributed by atoms with Crippen LogP contribution in [-0.2, 0) is 17.8 Å². The molecule has 0 spiro atoms. The van der Waals surface area contributed by atoms with Crippen molar-refractivity contribution >= 4 is 28.9 Å². The number of rotatable bonds is 6. The lowest BCUT2D eigenvalue weighted by Crippen LogP contribution is -2.17. The SMILES string of the molecule is CC(NCc1ccc(CC(=O)O)s1)c1cccc(Cl)c1. The maximum Gasteiger partial charge on any atom is 0.308 e. The number of nitrogens with one attached hydrogen (secondary N) is 1. The average molecular weight is 310 g/mol. The van der Waals surface area contributed by atoms with Gasteiger partial charge in [0.15, 0.2) is 0 Å². The van der Waals surface area contributed by atoms with Crippen molar-refractivity contribution in [1.29, 1.82) is 0 Å². The lowest BCUT2D eigenvalue weighted by molar-refractivity contribution is -0.136. The van der Waals surface area contributed by atoms with Crippen LogP contribution < -0.4 is 5.32 Å². The fourth-order valence-corrected chi connectivity index (χ4v) is 3.07. The molecule has 0 aliphatic rings. The second kappa shape index (κ2) is 6.88. The third kappa shape index (κ3) is 4.34. The lowest BCUT2D eigenvalue weighted by atomic mass is 10.1. The van der Waals surface area contributed by atoms with Gasteiger partial charge in [-0.25, -0.2) is 0 Å². The number of aliphatic carboxylic acids is 1. The smallest absolute Gasteiger partial charge is 0.308 e. The minimum Gasteiger partial charge on any atom is -0.481 e. The molecule has 0 aliphatic carbocycles. The Morgan fingerprint density at radius 3 is 2.80 bits per heavy atom. The van der Waals surface area contributed by atoms with Crippen LogP contribution in [0.4, 0.5) is 0 Å². The van der Waals surface area contributed by atoms with Crippen molar-refractivity contribution in [2.75, 3.05) is 0 Å². The molecule has 1 aromatic heterocycles. The summed E-state index contributed by atoms with van der Waals surface area (Å²) in [7, 11) is 0. The van der Waals surface area contributed by atoms with Crippen molar-refractivity contribution in [3.05, 3.63) is 56.7 Å². The molecule has 0 fully saturated rings. The first-order chi connectivity index (χ1) is 9.54. The summed E-state index contributed by atoms with van der Waals surface area (Å²) in [6.45, 7) is 2.80. The fraction of sp³-hybridized carbons (Fsp3) is 0.267. The molecule has 2 aromatic rings. The topological polar surface area (TPSA) is 49.3 Å². The van der Waals surface area contributed by atoms with E-state index in [2.05, 4.69) is 12.2 Å². The third-order valence-corrected chi connectivity index (χ3v) is 4.29. The molecule has 1 aromatic carbocycles. The van der Waals surface area contributed by atoms with Crippen LogP contribution in [0.1, 0.15) is 28.3 Å². The van der Waals surface area contributed by atoms with Gasteiger partial charge < -0.3 is 10.4 Å². The van der Waals surface area contributed by atoms with E-state index >= 15 is 0 Å². The first-order valence-corrected chi connectivity index (χ1v) is 7.52. The highest BCUT2D eigenvalue weighted by atomic mass is 35.5. The number of halogens is 1. The van der Waals surface area contributed by atoms with E-state index in [4.69, 9.17) is 16.7 Å². The van der Waals surface area contributed by atoms with E-state index < -0.39 is 5.97 Å². The number of benzene rings is 1. The fourth-order valence-electron chi connectivity index (χ4n) is 1.91. The van der Waals surface area contributed by atoms with Gasteiger partial charge in [-0.15, -0.1) is 11.3 Å². The van der Waals surface area contributed by atoms with Gasteiger partial charge in [0.05, 0.1) is 6.42 Å². The summed E-state index contributed by atoms with van der Waals surface area (Å²) in [4.78, 5) is 12.7. The second-order valence-electron chi connectivity index (χ2n) is 4.60. The molecule has 1 unspecified atom stereocenters. The Kier molecular flexibility index (Phi) is 5.17. The Bertz CT molecular complexity index is 597. The molecule has 3 nitrogen and oxygen atoms in total. The molecule has 0 aliphatic heterocycles. The van der Waals surface area contributed by atoms with E-state index in [-0.39, 0.29) is 12.5 Å². The summed E-state index contributed by atoms with van der Waals surface area (Å²) in [6, 6.07) is 11.8. The minimum absolute atomic E-state index is 0.0918. The highest BCUT2D eigenvalue weighted by Gasteiger charge is 2.08. The first kappa shape index (κ1) is 15.0. The predicted octanol–water partition coefficient (Wildman–Crippen LogP) is 3.88. The molecule has 0 saturated carbocycles. The van der Waals surface area contributed by atoms with Crippen LogP contribution in [0, 0.1) is 0 Å². The quantitative estimate of drug-likeness (QED) is 0.851. The number of hydrogen-bond donors (Lipinski definition) is 2. The van der Waals surface area contributed by atoms with E-state index in [0.717, 1.165) is 26.9 Å². The van der Waals surface area contributed by atoms with Gasteiger partial charge in [-0.2, -0.15) is 0 Å². The number of thiophene rings is 1. The molecule has 0 amide bonds. The number of carboxylic acids is 1. The number of carboxylic acid groups (broad SMARTS) is 1. The standard InChI is InChI=1S/C15H16ClNO2S/c1-10(11-3-2-4-12(16)7-11)17-9-14-6-5-13(20-14)8-15(18)19/h2-7,10,17H,8-9H2,1H3,(H,18,19). The number of hydrogen-bond acceptors (Lipinski definition) is 3. The molecule has 1 heterocycles. The molecule has 2 rings (SSSR count). The second-order valence-corrected chi connectivity index (χ2v) is 6.29. The molecule has 0 saturated heterocycles. The molecular weight excluding hydrogens is 294 g/mol. The molecule has 106 valence electrons. The maximum absolute atomic E-state index is 10.6. The zero-order valence-corrected chi connectivity index (χ0v) is 12.7. The minimum atomic E-state index is -0.793. The summed E-state index contributed by atoms with van der Waals surface area (Å²) in [5.41, 5.74) is 1.14. The summed E-state index contributed by atoms with van der Waals surface area (Å²) in [5, 5.41) is 12.9. The van der Waals surface area contributed by atoms with Crippen molar-refractivity contribution in [2.45, 2.75) is 25.9 Å². The normalized spacial score (nSPS) is 12.3. The number of carbonyl (C=O) groups is 1. The Balaban J connectivity index is 1.91. The van der Waals surface area contributed by atoms with Crippen LogP contribution in [0.25, 0.3) is 0 Å². The molecule has 20 heavy (non-hydrogen) atoms. The Hall–Kier alpha value is -1.36. The Labute approximate surface area is 127 Å². The molecule has 2 N–H and O–H groups in total. The van der Waals surface area contributed by atoms with E-state index in [1.54, 1.807) is 0 Å². The van der Waals surface area contributed by atoms with E-state index in [9.17, 15) is 4.79 Å². The Morgan fingerprint density at radius 2 is 2.10 bits per heavy atom. The highest BCUT2D eigenvalue weighted by Crippen LogP contribution is 2.20. The summed E-state index contributed by atoms with van der Waals surface area (Å²) < 4.78 is 0. The average Bonchev–Trinajstić information content (AvgIpc) is 2.82. The molecule has 0 radical (unpaired) electrons. The molecule has 0 bridgehead atoms. The Morgan fingerprint density at radius 1 is 1.35 bits per heavy atom. The highest BCUT2D eigenvalue weighted by molar-refractivity contribution is 7.12. The van der Waals surface area contributed by atoms with Gasteiger partial charge in [0, 0.05) is 27.4 Å². The van der Waals surface area contributed by atoms with Crippen molar-refractivity contribution < 1.29 is 9.90 Å². The van der Waals surface area contributed by atoms with Gasteiger partial charge in [0.2, 0.25) is 0 Å². The van der Waals surface area contributed by atoms with Gasteiger partial charge in [0.1, 0.15) is 0 Å². The van der Waals surface area contributed by atoms with Crippen LogP contribution in [0.3, 0.4) is 0 Å². The zero-order valence-electron chi connectivity index (χ0n) is 11.1. The monoisotopic (exact) mass is 309 g/mol. The van der Waals surface area contributed by atoms with Crippen LogP contribution in [-0.4, -0.2) is 11.1 Å². The zero-order chi connectivity index (χ0) is 14.5. The van der Waals surface area contributed by atoms with Crippen LogP contribution in [0.2, 0.25) is 5.02 Å². The largest absolute Gasteiger partial charge is 0.481 e. The first-order valence-electron chi connectivity index (χ1n) is 6.33. The van der Waals surface area contributed by atoms with Gasteiger partial charge in [-0.05, 0) is 36.8 Å². The third-order valence-electron chi connectivity index (χ3n) is 2.97. The maximum atomic E-state index is 10.6. The van der Waals surface area contributed by atoms with E-state index in [0.29, 0.717) is 0 Å². The lowest BCUT2D eigenvalue weighted by Gasteiger charge is -2.13. The summed E-state index contributed by atoms with van der Waals surface area (Å²) >= 11 is 7.51. The van der Waals surface area contributed by atoms with Gasteiger partial charge in [-0.3, -0.25) is 4.79 Å². The van der Waals surface area contributed by atoms with Gasteiger partial charge >= 0.3 is 5.97 Å². The van der Waals surface area contributed by atoms with Crippen LogP contribution in [0.15, 0.2) is 36.4 Å².